The maximum Gasteiger partial charge on any atom is 0.196 e. The van der Waals surface area contributed by atoms with Crippen molar-refractivity contribution in [1.29, 1.82) is 0 Å². The lowest BCUT2D eigenvalue weighted by atomic mass is 10.2. The molecule has 2 aromatic carbocycles. The number of fused-ring (bicyclic) bond motifs is 3. The summed E-state index contributed by atoms with van der Waals surface area (Å²) in [6.07, 6.45) is 1.83. The molecule has 0 unspecified atom stereocenters. The van der Waals surface area contributed by atoms with Gasteiger partial charge in [0, 0.05) is 11.8 Å². The fraction of sp³-hybridized carbons (Fsp3) is 0. The van der Waals surface area contributed by atoms with Crippen molar-refractivity contribution in [1.82, 2.24) is 14.4 Å². The highest BCUT2D eigenvalue weighted by Gasteiger charge is 2.19. The molecule has 0 bridgehead atoms. The molecule has 25 heavy (non-hydrogen) atoms. The Hall–Kier alpha value is -2.63. The Morgan fingerprint density at radius 3 is 2.48 bits per heavy atom. The van der Waals surface area contributed by atoms with Gasteiger partial charge in [0.1, 0.15) is 15.7 Å². The number of para-hydroxylation sites is 1. The van der Waals surface area contributed by atoms with Gasteiger partial charge in [-0.3, -0.25) is 4.40 Å². The molecule has 0 saturated heterocycles. The lowest BCUT2D eigenvalue weighted by molar-refractivity contribution is 1.09. The molecule has 0 radical (unpaired) electrons. The Kier molecular flexibility index (Phi) is 3.54. The number of rotatable bonds is 3. The van der Waals surface area contributed by atoms with E-state index < -0.39 is 0 Å². The van der Waals surface area contributed by atoms with E-state index >= 15 is 0 Å². The maximum absolute atomic E-state index is 4.95. The van der Waals surface area contributed by atoms with Gasteiger partial charge in [0.15, 0.2) is 4.96 Å². The van der Waals surface area contributed by atoms with Crippen molar-refractivity contribution in [3.05, 3.63) is 79.0 Å². The van der Waals surface area contributed by atoms with Crippen LogP contribution in [0.5, 0.6) is 0 Å². The second kappa shape index (κ2) is 6.02. The first kappa shape index (κ1) is 14.7. The predicted molar refractivity (Wildman–Crippen MR) is 104 cm³/mol. The van der Waals surface area contributed by atoms with Crippen molar-refractivity contribution in [2.75, 3.05) is 0 Å². The van der Waals surface area contributed by atoms with E-state index in [4.69, 9.17) is 4.98 Å². The van der Waals surface area contributed by atoms with Gasteiger partial charge in [-0.1, -0.05) is 59.9 Å². The number of aromatic nitrogens is 3. The molecule has 3 heterocycles. The summed E-state index contributed by atoms with van der Waals surface area (Å²) >= 11 is 3.38. The van der Waals surface area contributed by atoms with Crippen molar-refractivity contribution in [3.63, 3.8) is 0 Å². The number of imidazole rings is 1. The topological polar surface area (TPSA) is 30.2 Å². The Labute approximate surface area is 153 Å². The number of pyridine rings is 1. The fourth-order valence-electron chi connectivity index (χ4n) is 2.88. The van der Waals surface area contributed by atoms with Crippen molar-refractivity contribution in [2.45, 2.75) is 10.1 Å². The number of benzene rings is 2. The Morgan fingerprint density at radius 1 is 0.840 bits per heavy atom. The average Bonchev–Trinajstić information content (AvgIpc) is 3.20. The molecule has 0 N–H and O–H groups in total. The van der Waals surface area contributed by atoms with E-state index in [1.165, 1.54) is 10.2 Å². The smallest absolute Gasteiger partial charge is 0.196 e. The average molecular weight is 359 g/mol. The molecule has 3 nitrogen and oxygen atoms in total. The van der Waals surface area contributed by atoms with Crippen LogP contribution in [0.2, 0.25) is 0 Å². The van der Waals surface area contributed by atoms with E-state index in [0.717, 1.165) is 26.3 Å². The summed E-state index contributed by atoms with van der Waals surface area (Å²) in [5.74, 6) is 0. The lowest BCUT2D eigenvalue weighted by Gasteiger charge is -2.05. The second-order valence-corrected chi connectivity index (χ2v) is 7.61. The summed E-state index contributed by atoms with van der Waals surface area (Å²) in [7, 11) is 0. The van der Waals surface area contributed by atoms with Crippen LogP contribution in [0, 0.1) is 0 Å². The van der Waals surface area contributed by atoms with E-state index in [0.29, 0.717) is 0 Å². The Morgan fingerprint density at radius 2 is 1.64 bits per heavy atom. The molecule has 0 saturated carbocycles. The molecule has 0 spiro atoms. The molecule has 5 rings (SSSR count). The summed E-state index contributed by atoms with van der Waals surface area (Å²) in [6, 6.07) is 24.8. The number of hydrogen-bond acceptors (Lipinski definition) is 4. The maximum atomic E-state index is 4.95. The number of thiazole rings is 1. The van der Waals surface area contributed by atoms with E-state index in [-0.39, 0.29) is 0 Å². The first-order chi connectivity index (χ1) is 12.4. The Bertz CT molecular complexity index is 1160. The van der Waals surface area contributed by atoms with Gasteiger partial charge < -0.3 is 0 Å². The summed E-state index contributed by atoms with van der Waals surface area (Å²) in [5.41, 5.74) is 3.32. The quantitative estimate of drug-likeness (QED) is 0.410. The predicted octanol–water partition coefficient (Wildman–Crippen LogP) is 5.76. The molecule has 5 heteroatoms. The van der Waals surface area contributed by atoms with E-state index in [9.17, 15) is 0 Å². The molecule has 0 atom stereocenters. The highest BCUT2D eigenvalue weighted by molar-refractivity contribution is 7.99. The lowest BCUT2D eigenvalue weighted by Crippen LogP contribution is -1.87. The summed E-state index contributed by atoms with van der Waals surface area (Å²) in [4.78, 5) is 10.4. The van der Waals surface area contributed by atoms with Gasteiger partial charge in [0.25, 0.3) is 0 Å². The number of nitrogens with zero attached hydrogens (tertiary/aromatic N) is 3. The minimum Gasteiger partial charge on any atom is -0.277 e. The van der Waals surface area contributed by atoms with Gasteiger partial charge >= 0.3 is 0 Å². The van der Waals surface area contributed by atoms with Gasteiger partial charge in [0.2, 0.25) is 0 Å². The first-order valence-electron chi connectivity index (χ1n) is 7.94. The van der Waals surface area contributed by atoms with Crippen LogP contribution in [-0.4, -0.2) is 14.4 Å². The molecule has 0 amide bonds. The molecule has 0 aliphatic rings. The summed E-state index contributed by atoms with van der Waals surface area (Å²) in [5, 5.41) is 2.08. The van der Waals surface area contributed by atoms with Crippen LogP contribution in [0.4, 0.5) is 0 Å². The largest absolute Gasteiger partial charge is 0.277 e. The van der Waals surface area contributed by atoms with Crippen LogP contribution < -0.4 is 0 Å². The molecule has 3 aromatic heterocycles. The third kappa shape index (κ3) is 2.52. The minimum absolute atomic E-state index is 0.969. The molecule has 0 aliphatic carbocycles. The fourth-order valence-corrected chi connectivity index (χ4v) is 4.96. The summed E-state index contributed by atoms with van der Waals surface area (Å²) in [6.45, 7) is 0. The van der Waals surface area contributed by atoms with Crippen molar-refractivity contribution in [2.24, 2.45) is 0 Å². The highest BCUT2D eigenvalue weighted by atomic mass is 32.2. The summed E-state index contributed by atoms with van der Waals surface area (Å²) < 4.78 is 3.49. The van der Waals surface area contributed by atoms with Crippen molar-refractivity contribution >= 4 is 38.3 Å². The molecular weight excluding hydrogens is 346 g/mol. The highest BCUT2D eigenvalue weighted by Crippen LogP contribution is 2.40. The molecule has 0 aliphatic heterocycles. The van der Waals surface area contributed by atoms with Crippen LogP contribution >= 0.6 is 23.1 Å². The van der Waals surface area contributed by atoms with Gasteiger partial charge in [-0.25, -0.2) is 9.97 Å². The van der Waals surface area contributed by atoms with Crippen LogP contribution in [0.25, 0.3) is 26.4 Å². The molecular formula is C20H13N3S2. The standard InChI is InChI=1S/C20H13N3S2/c1-2-8-14(9-3-1)18-19(25-17-12-6-7-13-21-17)23-15-10-4-5-11-16(15)24-20(23)22-18/h1-13H. The molecule has 5 aromatic rings. The SMILES string of the molecule is c1ccc(-c2nc3sc4ccccc4n3c2Sc2ccccn2)cc1. The monoisotopic (exact) mass is 359 g/mol. The Balaban J connectivity index is 1.80. The van der Waals surface area contributed by atoms with Gasteiger partial charge in [-0.2, -0.15) is 0 Å². The van der Waals surface area contributed by atoms with Crippen molar-refractivity contribution in [3.8, 4) is 11.3 Å². The molecule has 0 fully saturated rings. The third-order valence-electron chi connectivity index (χ3n) is 4.00. The van der Waals surface area contributed by atoms with E-state index in [1.54, 1.807) is 23.1 Å². The minimum atomic E-state index is 0.969. The van der Waals surface area contributed by atoms with Crippen LogP contribution in [-0.2, 0) is 0 Å². The zero-order chi connectivity index (χ0) is 16.6. The molecule has 120 valence electrons. The van der Waals surface area contributed by atoms with Crippen molar-refractivity contribution < 1.29 is 0 Å². The van der Waals surface area contributed by atoms with E-state index in [2.05, 4.69) is 57.9 Å². The zero-order valence-electron chi connectivity index (χ0n) is 13.2. The van der Waals surface area contributed by atoms with E-state index in [1.807, 2.05) is 30.5 Å². The van der Waals surface area contributed by atoms with Gasteiger partial charge in [-0.15, -0.1) is 0 Å². The normalized spacial score (nSPS) is 11.4. The first-order valence-corrected chi connectivity index (χ1v) is 9.58. The zero-order valence-corrected chi connectivity index (χ0v) is 14.8. The third-order valence-corrected chi connectivity index (χ3v) is 6.04. The van der Waals surface area contributed by atoms with Gasteiger partial charge in [-0.05, 0) is 36.0 Å². The number of hydrogen-bond donors (Lipinski definition) is 0. The van der Waals surface area contributed by atoms with Gasteiger partial charge in [0.05, 0.1) is 10.2 Å². The van der Waals surface area contributed by atoms with Crippen LogP contribution in [0.1, 0.15) is 0 Å². The second-order valence-electron chi connectivity index (χ2n) is 5.59. The van der Waals surface area contributed by atoms with Crippen LogP contribution in [0.15, 0.2) is 89.0 Å². The van der Waals surface area contributed by atoms with Crippen LogP contribution in [0.3, 0.4) is 0 Å².